The molecular formula is C10H19NO3. The van der Waals surface area contributed by atoms with Gasteiger partial charge >= 0.3 is 6.09 Å². The maximum absolute atomic E-state index is 11.4. The average Bonchev–Trinajstić information content (AvgIpc) is 2.00. The number of ether oxygens (including phenoxy) is 1. The van der Waals surface area contributed by atoms with E-state index in [0.717, 1.165) is 6.29 Å². The first-order valence-corrected chi connectivity index (χ1v) is 4.65. The lowest BCUT2D eigenvalue weighted by Crippen LogP contribution is -2.36. The van der Waals surface area contributed by atoms with Crippen molar-refractivity contribution in [2.75, 3.05) is 13.6 Å². The predicted molar refractivity (Wildman–Crippen MR) is 54.1 cm³/mol. The van der Waals surface area contributed by atoms with Crippen molar-refractivity contribution in [1.29, 1.82) is 0 Å². The minimum absolute atomic E-state index is 0.160. The van der Waals surface area contributed by atoms with Gasteiger partial charge in [0.25, 0.3) is 0 Å². The van der Waals surface area contributed by atoms with E-state index in [0.29, 0.717) is 6.54 Å². The van der Waals surface area contributed by atoms with E-state index in [4.69, 9.17) is 4.74 Å². The van der Waals surface area contributed by atoms with E-state index in [1.54, 1.807) is 14.0 Å². The Morgan fingerprint density at radius 1 is 1.50 bits per heavy atom. The zero-order valence-electron chi connectivity index (χ0n) is 9.53. The standard InChI is InChI=1S/C10H19NO3/c1-8(7-12)6-11(5)9(13)14-10(2,3)4/h7-8H,6H2,1-5H3. The summed E-state index contributed by atoms with van der Waals surface area (Å²) < 4.78 is 5.12. The zero-order valence-corrected chi connectivity index (χ0v) is 9.53. The summed E-state index contributed by atoms with van der Waals surface area (Å²) in [4.78, 5) is 23.2. The molecule has 0 radical (unpaired) electrons. The van der Waals surface area contributed by atoms with E-state index in [2.05, 4.69) is 0 Å². The number of carbonyl (C=O) groups is 2. The topological polar surface area (TPSA) is 46.6 Å². The number of aldehydes is 1. The van der Waals surface area contributed by atoms with Crippen LogP contribution in [0.1, 0.15) is 27.7 Å². The molecule has 0 fully saturated rings. The molecule has 0 rings (SSSR count). The Morgan fingerprint density at radius 2 is 2.00 bits per heavy atom. The number of carbonyl (C=O) groups excluding carboxylic acids is 2. The molecule has 0 aromatic rings. The molecule has 0 aromatic carbocycles. The molecule has 0 spiro atoms. The lowest BCUT2D eigenvalue weighted by Gasteiger charge is -2.25. The smallest absolute Gasteiger partial charge is 0.410 e. The highest BCUT2D eigenvalue weighted by Gasteiger charge is 2.20. The molecule has 14 heavy (non-hydrogen) atoms. The van der Waals surface area contributed by atoms with Gasteiger partial charge in [-0.25, -0.2) is 4.79 Å². The molecule has 4 nitrogen and oxygen atoms in total. The van der Waals surface area contributed by atoms with E-state index in [-0.39, 0.29) is 5.92 Å². The molecule has 4 heteroatoms. The minimum atomic E-state index is -0.490. The van der Waals surface area contributed by atoms with Crippen LogP contribution in [0.15, 0.2) is 0 Å². The van der Waals surface area contributed by atoms with Crippen molar-refractivity contribution in [3.05, 3.63) is 0 Å². The van der Waals surface area contributed by atoms with Gasteiger partial charge in [0.1, 0.15) is 11.9 Å². The van der Waals surface area contributed by atoms with Crippen molar-refractivity contribution in [3.8, 4) is 0 Å². The summed E-state index contributed by atoms with van der Waals surface area (Å²) in [6.07, 6.45) is 0.423. The number of hydrogen-bond acceptors (Lipinski definition) is 3. The Labute approximate surface area is 85.2 Å². The Bertz CT molecular complexity index is 208. The van der Waals surface area contributed by atoms with Crippen LogP contribution in [-0.2, 0) is 9.53 Å². The number of nitrogens with zero attached hydrogens (tertiary/aromatic N) is 1. The zero-order chi connectivity index (χ0) is 11.4. The monoisotopic (exact) mass is 201 g/mol. The molecular weight excluding hydrogens is 182 g/mol. The van der Waals surface area contributed by atoms with Crippen LogP contribution in [0.4, 0.5) is 4.79 Å². The van der Waals surface area contributed by atoms with Crippen LogP contribution in [-0.4, -0.2) is 36.5 Å². The molecule has 1 amide bonds. The van der Waals surface area contributed by atoms with Crippen LogP contribution in [0.5, 0.6) is 0 Å². The first-order valence-electron chi connectivity index (χ1n) is 4.65. The minimum Gasteiger partial charge on any atom is -0.444 e. The summed E-state index contributed by atoms with van der Waals surface area (Å²) >= 11 is 0. The predicted octanol–water partition coefficient (Wildman–Crippen LogP) is 1.69. The van der Waals surface area contributed by atoms with Crippen molar-refractivity contribution in [1.82, 2.24) is 4.90 Å². The van der Waals surface area contributed by atoms with Crippen LogP contribution < -0.4 is 0 Å². The van der Waals surface area contributed by atoms with Gasteiger partial charge in [-0.05, 0) is 20.8 Å². The van der Waals surface area contributed by atoms with Gasteiger partial charge in [0, 0.05) is 19.5 Å². The fourth-order valence-corrected chi connectivity index (χ4v) is 0.889. The van der Waals surface area contributed by atoms with Gasteiger partial charge in [-0.2, -0.15) is 0 Å². The largest absolute Gasteiger partial charge is 0.444 e. The number of amides is 1. The van der Waals surface area contributed by atoms with Gasteiger partial charge in [-0.15, -0.1) is 0 Å². The van der Waals surface area contributed by atoms with Gasteiger partial charge in [0.2, 0.25) is 0 Å². The Morgan fingerprint density at radius 3 is 2.36 bits per heavy atom. The van der Waals surface area contributed by atoms with Crippen LogP contribution in [0.3, 0.4) is 0 Å². The number of rotatable bonds is 3. The van der Waals surface area contributed by atoms with Gasteiger partial charge in [0.15, 0.2) is 0 Å². The summed E-state index contributed by atoms with van der Waals surface area (Å²) in [7, 11) is 1.62. The van der Waals surface area contributed by atoms with E-state index >= 15 is 0 Å². The van der Waals surface area contributed by atoms with Crippen LogP contribution >= 0.6 is 0 Å². The molecule has 0 saturated heterocycles. The second-order valence-corrected chi connectivity index (χ2v) is 4.47. The highest BCUT2D eigenvalue weighted by molar-refractivity contribution is 5.68. The Balaban J connectivity index is 4.06. The van der Waals surface area contributed by atoms with Crippen molar-refractivity contribution >= 4 is 12.4 Å². The lowest BCUT2D eigenvalue weighted by atomic mass is 10.2. The van der Waals surface area contributed by atoms with E-state index < -0.39 is 11.7 Å². The van der Waals surface area contributed by atoms with Crippen LogP contribution in [0.25, 0.3) is 0 Å². The molecule has 0 aliphatic heterocycles. The number of hydrogen-bond donors (Lipinski definition) is 0. The summed E-state index contributed by atoms with van der Waals surface area (Å²) in [5.41, 5.74) is -0.490. The fraction of sp³-hybridized carbons (Fsp3) is 0.800. The third kappa shape index (κ3) is 5.56. The first kappa shape index (κ1) is 12.9. The van der Waals surface area contributed by atoms with Crippen molar-refractivity contribution in [2.45, 2.75) is 33.3 Å². The average molecular weight is 201 g/mol. The molecule has 82 valence electrons. The summed E-state index contributed by atoms with van der Waals surface area (Å²) in [6.45, 7) is 7.57. The molecule has 0 saturated carbocycles. The third-order valence-electron chi connectivity index (χ3n) is 1.50. The molecule has 0 aromatic heterocycles. The van der Waals surface area contributed by atoms with E-state index in [1.807, 2.05) is 20.8 Å². The molecule has 1 atom stereocenters. The fourth-order valence-electron chi connectivity index (χ4n) is 0.889. The molecule has 0 N–H and O–H groups in total. The van der Waals surface area contributed by atoms with Gasteiger partial charge < -0.3 is 14.4 Å². The van der Waals surface area contributed by atoms with E-state index in [1.165, 1.54) is 4.90 Å². The van der Waals surface area contributed by atoms with Gasteiger partial charge in [0.05, 0.1) is 0 Å². The van der Waals surface area contributed by atoms with Crippen LogP contribution in [0, 0.1) is 5.92 Å². The first-order chi connectivity index (χ1) is 6.26. The molecule has 0 aliphatic rings. The lowest BCUT2D eigenvalue weighted by molar-refractivity contribution is -0.111. The van der Waals surface area contributed by atoms with Gasteiger partial charge in [-0.3, -0.25) is 0 Å². The second kappa shape index (κ2) is 4.98. The Kier molecular flexibility index (Phi) is 4.60. The van der Waals surface area contributed by atoms with Crippen molar-refractivity contribution < 1.29 is 14.3 Å². The van der Waals surface area contributed by atoms with Crippen LogP contribution in [0.2, 0.25) is 0 Å². The second-order valence-electron chi connectivity index (χ2n) is 4.47. The molecule has 0 heterocycles. The SMILES string of the molecule is CC(C=O)CN(C)C(=O)OC(C)(C)C. The Hall–Kier alpha value is -1.06. The highest BCUT2D eigenvalue weighted by atomic mass is 16.6. The summed E-state index contributed by atoms with van der Waals surface area (Å²) in [5.74, 6) is -0.160. The van der Waals surface area contributed by atoms with Crippen molar-refractivity contribution in [3.63, 3.8) is 0 Å². The molecule has 0 bridgehead atoms. The summed E-state index contributed by atoms with van der Waals surface area (Å²) in [5, 5.41) is 0. The highest BCUT2D eigenvalue weighted by Crippen LogP contribution is 2.09. The quantitative estimate of drug-likeness (QED) is 0.653. The normalized spacial score (nSPS) is 13.2. The third-order valence-corrected chi connectivity index (χ3v) is 1.50. The van der Waals surface area contributed by atoms with Crippen molar-refractivity contribution in [2.24, 2.45) is 5.92 Å². The molecule has 1 unspecified atom stereocenters. The van der Waals surface area contributed by atoms with E-state index in [9.17, 15) is 9.59 Å². The maximum Gasteiger partial charge on any atom is 0.410 e. The molecule has 0 aliphatic carbocycles. The van der Waals surface area contributed by atoms with Gasteiger partial charge in [-0.1, -0.05) is 6.92 Å². The maximum atomic E-state index is 11.4. The summed E-state index contributed by atoms with van der Waals surface area (Å²) in [6, 6.07) is 0.